The lowest BCUT2D eigenvalue weighted by Gasteiger charge is -2.34. The Labute approximate surface area is 173 Å². The average molecular weight is 412 g/mol. The number of piperazine rings is 1. The fourth-order valence-corrected chi connectivity index (χ4v) is 4.91. The number of nitrogens with zero attached hydrogens (tertiary/aromatic N) is 5. The smallest absolute Gasteiger partial charge is 0.275 e. The van der Waals surface area contributed by atoms with Crippen LogP contribution in [-0.4, -0.2) is 57.2 Å². The zero-order valence-corrected chi connectivity index (χ0v) is 17.5. The standard InChI is InChI=1S/C21H25N5O2S/c1-2-19-23-26-20(27)12-17(22-21(26)29-19)14-25-8-6-24(7-9-25)13-15-3-4-18-16(11-15)5-10-28-18/h3-4,11-12H,2,5-10,13-14H2,1H3. The maximum atomic E-state index is 12.3. The molecule has 5 rings (SSSR count). The normalized spacial score (nSPS) is 17.6. The summed E-state index contributed by atoms with van der Waals surface area (Å²) in [5, 5.41) is 5.27. The molecule has 152 valence electrons. The lowest BCUT2D eigenvalue weighted by atomic mass is 10.1. The zero-order chi connectivity index (χ0) is 19.8. The molecule has 29 heavy (non-hydrogen) atoms. The molecule has 0 amide bonds. The van der Waals surface area contributed by atoms with Gasteiger partial charge in [-0.2, -0.15) is 9.61 Å². The summed E-state index contributed by atoms with van der Waals surface area (Å²) < 4.78 is 7.03. The Morgan fingerprint density at radius 1 is 1.10 bits per heavy atom. The summed E-state index contributed by atoms with van der Waals surface area (Å²) in [5.74, 6) is 1.05. The van der Waals surface area contributed by atoms with Crippen LogP contribution in [0.4, 0.5) is 0 Å². The molecule has 2 aliphatic heterocycles. The van der Waals surface area contributed by atoms with Crippen LogP contribution in [0.15, 0.2) is 29.1 Å². The largest absolute Gasteiger partial charge is 0.493 e. The number of fused-ring (bicyclic) bond motifs is 2. The molecule has 0 saturated carbocycles. The van der Waals surface area contributed by atoms with Gasteiger partial charge in [0.25, 0.3) is 5.56 Å². The second kappa shape index (κ2) is 7.85. The van der Waals surface area contributed by atoms with E-state index in [-0.39, 0.29) is 5.56 Å². The second-order valence-electron chi connectivity index (χ2n) is 7.72. The van der Waals surface area contributed by atoms with Gasteiger partial charge >= 0.3 is 0 Å². The Kier molecular flexibility index (Phi) is 5.07. The number of benzene rings is 1. The predicted molar refractivity (Wildman–Crippen MR) is 113 cm³/mol. The van der Waals surface area contributed by atoms with Gasteiger partial charge in [-0.1, -0.05) is 30.4 Å². The summed E-state index contributed by atoms with van der Waals surface area (Å²) >= 11 is 1.50. The number of aryl methyl sites for hydroxylation is 1. The molecule has 3 aromatic rings. The van der Waals surface area contributed by atoms with Crippen LogP contribution >= 0.6 is 11.3 Å². The number of rotatable bonds is 5. The number of hydrogen-bond donors (Lipinski definition) is 0. The van der Waals surface area contributed by atoms with Crippen molar-refractivity contribution in [3.63, 3.8) is 0 Å². The van der Waals surface area contributed by atoms with Gasteiger partial charge in [-0.05, 0) is 23.6 Å². The minimum absolute atomic E-state index is 0.0832. The van der Waals surface area contributed by atoms with Gasteiger partial charge in [0.2, 0.25) is 4.96 Å². The predicted octanol–water partition coefficient (Wildman–Crippen LogP) is 1.97. The fourth-order valence-electron chi connectivity index (χ4n) is 4.05. The van der Waals surface area contributed by atoms with E-state index in [1.54, 1.807) is 6.07 Å². The van der Waals surface area contributed by atoms with E-state index in [0.29, 0.717) is 4.96 Å². The van der Waals surface area contributed by atoms with E-state index in [1.165, 1.54) is 27.0 Å². The third-order valence-electron chi connectivity index (χ3n) is 5.65. The minimum atomic E-state index is -0.0832. The summed E-state index contributed by atoms with van der Waals surface area (Å²) in [6, 6.07) is 8.21. The van der Waals surface area contributed by atoms with E-state index in [1.807, 2.05) is 6.92 Å². The van der Waals surface area contributed by atoms with E-state index in [4.69, 9.17) is 4.74 Å². The number of ether oxygens (including phenoxy) is 1. The van der Waals surface area contributed by atoms with Crippen LogP contribution in [0.1, 0.15) is 28.8 Å². The molecule has 0 atom stereocenters. The van der Waals surface area contributed by atoms with E-state index >= 15 is 0 Å². The molecule has 7 nitrogen and oxygen atoms in total. The summed E-state index contributed by atoms with van der Waals surface area (Å²) in [6.07, 6.45) is 1.84. The molecule has 1 saturated heterocycles. The zero-order valence-electron chi connectivity index (χ0n) is 16.6. The minimum Gasteiger partial charge on any atom is -0.493 e. The summed E-state index contributed by atoms with van der Waals surface area (Å²) in [6.45, 7) is 8.56. The Morgan fingerprint density at radius 2 is 1.90 bits per heavy atom. The van der Waals surface area contributed by atoms with Crippen LogP contribution in [-0.2, 0) is 25.9 Å². The van der Waals surface area contributed by atoms with Crippen molar-refractivity contribution in [2.45, 2.75) is 32.9 Å². The lowest BCUT2D eigenvalue weighted by molar-refractivity contribution is 0.121. The topological polar surface area (TPSA) is 63.0 Å². The first kappa shape index (κ1) is 18.7. The quantitative estimate of drug-likeness (QED) is 0.640. The van der Waals surface area contributed by atoms with Crippen molar-refractivity contribution in [3.05, 3.63) is 56.4 Å². The Hall–Kier alpha value is -2.29. The van der Waals surface area contributed by atoms with Gasteiger partial charge in [0.1, 0.15) is 10.8 Å². The monoisotopic (exact) mass is 411 g/mol. The number of aromatic nitrogens is 3. The second-order valence-corrected chi connectivity index (χ2v) is 8.76. The van der Waals surface area contributed by atoms with E-state index in [9.17, 15) is 4.79 Å². The van der Waals surface area contributed by atoms with Crippen LogP contribution in [0.2, 0.25) is 0 Å². The van der Waals surface area contributed by atoms with Crippen molar-refractivity contribution in [1.29, 1.82) is 0 Å². The maximum absolute atomic E-state index is 12.3. The van der Waals surface area contributed by atoms with E-state index in [0.717, 1.165) is 75.2 Å². The SMILES string of the molecule is CCc1nn2c(=O)cc(CN3CCN(Cc4ccc5c(c4)CCO5)CC3)nc2s1. The van der Waals surface area contributed by atoms with Crippen molar-refractivity contribution in [2.24, 2.45) is 0 Å². The number of hydrogen-bond acceptors (Lipinski definition) is 7. The molecule has 0 N–H and O–H groups in total. The molecule has 0 aliphatic carbocycles. The maximum Gasteiger partial charge on any atom is 0.275 e. The molecular weight excluding hydrogens is 386 g/mol. The third-order valence-corrected chi connectivity index (χ3v) is 6.71. The summed E-state index contributed by atoms with van der Waals surface area (Å²) in [4.78, 5) is 22.6. The highest BCUT2D eigenvalue weighted by molar-refractivity contribution is 7.16. The first-order valence-corrected chi connectivity index (χ1v) is 11.1. The van der Waals surface area contributed by atoms with Crippen molar-refractivity contribution in [3.8, 4) is 5.75 Å². The highest BCUT2D eigenvalue weighted by atomic mass is 32.1. The summed E-state index contributed by atoms with van der Waals surface area (Å²) in [7, 11) is 0. The van der Waals surface area contributed by atoms with Gasteiger partial charge in [0, 0.05) is 51.8 Å². The first-order chi connectivity index (χ1) is 14.2. The Bertz CT molecular complexity index is 1080. The van der Waals surface area contributed by atoms with Gasteiger partial charge in [-0.25, -0.2) is 4.98 Å². The molecule has 0 unspecified atom stereocenters. The molecule has 1 fully saturated rings. The Morgan fingerprint density at radius 3 is 2.69 bits per heavy atom. The third kappa shape index (κ3) is 3.92. The molecule has 0 spiro atoms. The van der Waals surface area contributed by atoms with Crippen molar-refractivity contribution >= 4 is 16.3 Å². The molecular formula is C21H25N5O2S. The van der Waals surface area contributed by atoms with Crippen LogP contribution in [0, 0.1) is 0 Å². The van der Waals surface area contributed by atoms with Gasteiger partial charge < -0.3 is 4.74 Å². The molecule has 8 heteroatoms. The van der Waals surface area contributed by atoms with Crippen LogP contribution in [0.5, 0.6) is 5.75 Å². The molecule has 0 radical (unpaired) electrons. The Balaban J connectivity index is 1.20. The van der Waals surface area contributed by atoms with Crippen molar-refractivity contribution in [2.75, 3.05) is 32.8 Å². The van der Waals surface area contributed by atoms with Crippen LogP contribution < -0.4 is 10.3 Å². The fraction of sp³-hybridized carbons (Fsp3) is 0.476. The molecule has 4 heterocycles. The van der Waals surface area contributed by atoms with Crippen LogP contribution in [0.3, 0.4) is 0 Å². The molecule has 2 aromatic heterocycles. The molecule has 1 aromatic carbocycles. The highest BCUT2D eigenvalue weighted by Crippen LogP contribution is 2.26. The van der Waals surface area contributed by atoms with Gasteiger partial charge in [0.05, 0.1) is 12.3 Å². The molecule has 0 bridgehead atoms. The van der Waals surface area contributed by atoms with Crippen LogP contribution in [0.25, 0.3) is 4.96 Å². The summed E-state index contributed by atoms with van der Waals surface area (Å²) in [5.41, 5.74) is 3.46. The molecule has 2 aliphatic rings. The lowest BCUT2D eigenvalue weighted by Crippen LogP contribution is -2.45. The average Bonchev–Trinajstić information content (AvgIpc) is 3.36. The van der Waals surface area contributed by atoms with E-state index in [2.05, 4.69) is 38.1 Å². The van der Waals surface area contributed by atoms with Gasteiger partial charge in [-0.15, -0.1) is 0 Å². The first-order valence-electron chi connectivity index (χ1n) is 10.3. The van der Waals surface area contributed by atoms with E-state index < -0.39 is 0 Å². The van der Waals surface area contributed by atoms with Crippen molar-refractivity contribution in [1.82, 2.24) is 24.4 Å². The highest BCUT2D eigenvalue weighted by Gasteiger charge is 2.19. The van der Waals surface area contributed by atoms with Crippen molar-refractivity contribution < 1.29 is 4.74 Å². The van der Waals surface area contributed by atoms with Gasteiger partial charge in [0.15, 0.2) is 0 Å². The van der Waals surface area contributed by atoms with Gasteiger partial charge in [-0.3, -0.25) is 14.6 Å².